The molecular formula is C9H11ClN2S. The molecule has 1 aliphatic heterocycles. The van der Waals surface area contributed by atoms with Gasteiger partial charge in [-0.05, 0) is 17.6 Å². The third-order valence-corrected chi connectivity index (χ3v) is 3.02. The molecule has 0 aromatic carbocycles. The van der Waals surface area contributed by atoms with Crippen LogP contribution in [-0.2, 0) is 6.42 Å². The van der Waals surface area contributed by atoms with Crippen molar-refractivity contribution in [1.29, 1.82) is 0 Å². The van der Waals surface area contributed by atoms with Crippen molar-refractivity contribution in [1.82, 2.24) is 9.69 Å². The van der Waals surface area contributed by atoms with E-state index < -0.39 is 0 Å². The first-order valence-corrected chi connectivity index (χ1v) is 5.49. The van der Waals surface area contributed by atoms with Gasteiger partial charge in [-0.3, -0.25) is 0 Å². The van der Waals surface area contributed by atoms with Gasteiger partial charge in [0.25, 0.3) is 0 Å². The average Bonchev–Trinajstić information content (AvgIpc) is 2.57. The summed E-state index contributed by atoms with van der Waals surface area (Å²) in [5.41, 5.74) is 1.37. The summed E-state index contributed by atoms with van der Waals surface area (Å²) in [4.78, 5) is 1.30. The lowest BCUT2D eigenvalue weighted by Gasteiger charge is -2.17. The summed E-state index contributed by atoms with van der Waals surface area (Å²) in [6.07, 6.45) is 4.98. The van der Waals surface area contributed by atoms with E-state index in [2.05, 4.69) is 21.8 Å². The van der Waals surface area contributed by atoms with Gasteiger partial charge in [-0.15, -0.1) is 11.6 Å². The number of halogens is 1. The third-order valence-electron chi connectivity index (χ3n) is 2.00. The molecule has 0 spiro atoms. The lowest BCUT2D eigenvalue weighted by molar-refractivity contribution is 0.696. The van der Waals surface area contributed by atoms with E-state index in [4.69, 9.17) is 11.6 Å². The van der Waals surface area contributed by atoms with Gasteiger partial charge in [-0.25, -0.2) is 4.37 Å². The van der Waals surface area contributed by atoms with Crippen LogP contribution in [-0.4, -0.2) is 22.8 Å². The summed E-state index contributed by atoms with van der Waals surface area (Å²) in [5, 5.41) is 3.43. The van der Waals surface area contributed by atoms with Gasteiger partial charge in [0.05, 0.1) is 5.38 Å². The van der Waals surface area contributed by atoms with Crippen LogP contribution in [0.2, 0.25) is 0 Å². The van der Waals surface area contributed by atoms with Gasteiger partial charge in [0.2, 0.25) is 0 Å². The highest BCUT2D eigenvalue weighted by Crippen LogP contribution is 2.15. The van der Waals surface area contributed by atoms with Gasteiger partial charge < -0.3 is 5.32 Å². The van der Waals surface area contributed by atoms with Gasteiger partial charge in [0.15, 0.2) is 0 Å². The molecule has 70 valence electrons. The summed E-state index contributed by atoms with van der Waals surface area (Å²) < 4.78 is 4.07. The molecule has 4 heteroatoms. The Bertz CT molecular complexity index is 295. The first-order chi connectivity index (χ1) is 6.34. The van der Waals surface area contributed by atoms with Crippen molar-refractivity contribution in [2.75, 3.05) is 13.1 Å². The fourth-order valence-electron chi connectivity index (χ4n) is 1.42. The van der Waals surface area contributed by atoms with Crippen LogP contribution in [0, 0.1) is 0 Å². The molecule has 1 aliphatic rings. The number of aromatic nitrogens is 1. The molecule has 1 atom stereocenters. The molecule has 1 aromatic heterocycles. The van der Waals surface area contributed by atoms with E-state index in [1.165, 1.54) is 10.5 Å². The quantitative estimate of drug-likeness (QED) is 0.600. The molecule has 2 rings (SSSR count). The van der Waals surface area contributed by atoms with Crippen molar-refractivity contribution in [3.05, 3.63) is 28.8 Å². The summed E-state index contributed by atoms with van der Waals surface area (Å²) in [6.45, 7) is 1.84. The van der Waals surface area contributed by atoms with E-state index in [1.54, 1.807) is 11.5 Å². The smallest absolute Gasteiger partial charge is 0.0643 e. The average molecular weight is 215 g/mol. The second kappa shape index (κ2) is 4.22. The minimum atomic E-state index is 0.150. The highest BCUT2D eigenvalue weighted by atomic mass is 35.5. The first kappa shape index (κ1) is 9.19. The second-order valence-electron chi connectivity index (χ2n) is 3.13. The minimum absolute atomic E-state index is 0.150. The van der Waals surface area contributed by atoms with Gasteiger partial charge in [-0.1, -0.05) is 11.6 Å². The van der Waals surface area contributed by atoms with E-state index in [-0.39, 0.29) is 5.38 Å². The molecule has 2 heterocycles. The lowest BCUT2D eigenvalue weighted by Crippen LogP contribution is -2.30. The van der Waals surface area contributed by atoms with Crippen LogP contribution < -0.4 is 5.32 Å². The van der Waals surface area contributed by atoms with E-state index in [0.717, 1.165) is 19.5 Å². The largest absolute Gasteiger partial charge is 0.311 e. The highest BCUT2D eigenvalue weighted by molar-refractivity contribution is 7.05. The normalized spacial score (nSPS) is 22.8. The molecule has 2 nitrogen and oxygen atoms in total. The number of nitrogens with zero attached hydrogens (tertiary/aromatic N) is 1. The second-order valence-corrected chi connectivity index (χ2v) is 4.61. The number of hydrogen-bond donors (Lipinski definition) is 1. The zero-order chi connectivity index (χ0) is 9.10. The molecule has 1 unspecified atom stereocenters. The van der Waals surface area contributed by atoms with Gasteiger partial charge in [-0.2, -0.15) is 0 Å². The summed E-state index contributed by atoms with van der Waals surface area (Å²) in [7, 11) is 0. The monoisotopic (exact) mass is 214 g/mol. The maximum absolute atomic E-state index is 6.00. The zero-order valence-corrected chi connectivity index (χ0v) is 8.74. The van der Waals surface area contributed by atoms with Crippen molar-refractivity contribution >= 4 is 23.1 Å². The molecule has 1 N–H and O–H groups in total. The Morgan fingerprint density at radius 1 is 1.69 bits per heavy atom. The van der Waals surface area contributed by atoms with Gasteiger partial charge in [0, 0.05) is 30.6 Å². The predicted molar refractivity (Wildman–Crippen MR) is 56.4 cm³/mol. The molecule has 0 fully saturated rings. The fraction of sp³-hybridized carbons (Fsp3) is 0.444. The summed E-state index contributed by atoms with van der Waals surface area (Å²) in [5.74, 6) is 0. The molecule has 0 amide bonds. The predicted octanol–water partition coefficient (Wildman–Crippen LogP) is 1.82. The van der Waals surface area contributed by atoms with E-state index in [9.17, 15) is 0 Å². The number of hydrogen-bond acceptors (Lipinski definition) is 3. The molecule has 1 aromatic rings. The van der Waals surface area contributed by atoms with Gasteiger partial charge >= 0.3 is 0 Å². The van der Waals surface area contributed by atoms with Crippen LogP contribution in [0.15, 0.2) is 23.9 Å². The highest BCUT2D eigenvalue weighted by Gasteiger charge is 2.10. The van der Waals surface area contributed by atoms with Crippen LogP contribution in [0.3, 0.4) is 0 Å². The lowest BCUT2D eigenvalue weighted by atomic mass is 10.1. The van der Waals surface area contributed by atoms with Crippen LogP contribution in [0.5, 0.6) is 0 Å². The molecule has 0 saturated carbocycles. The topological polar surface area (TPSA) is 24.9 Å². The van der Waals surface area contributed by atoms with E-state index in [1.807, 2.05) is 6.20 Å². The molecule has 13 heavy (non-hydrogen) atoms. The Labute approximate surface area is 86.8 Å². The Kier molecular flexibility index (Phi) is 2.98. The minimum Gasteiger partial charge on any atom is -0.311 e. The first-order valence-electron chi connectivity index (χ1n) is 4.28. The molecule has 0 radical (unpaired) electrons. The number of rotatable bonds is 2. The van der Waals surface area contributed by atoms with Crippen molar-refractivity contribution < 1.29 is 0 Å². The van der Waals surface area contributed by atoms with Crippen LogP contribution in [0.1, 0.15) is 4.88 Å². The van der Waals surface area contributed by atoms with Crippen molar-refractivity contribution in [3.8, 4) is 0 Å². The Morgan fingerprint density at radius 3 is 3.31 bits per heavy atom. The summed E-state index contributed by atoms with van der Waals surface area (Å²) in [6, 6.07) is 2.06. The van der Waals surface area contributed by atoms with Gasteiger partial charge in [0.1, 0.15) is 0 Å². The van der Waals surface area contributed by atoms with Crippen molar-refractivity contribution in [2.24, 2.45) is 0 Å². The Morgan fingerprint density at radius 2 is 2.62 bits per heavy atom. The van der Waals surface area contributed by atoms with Crippen LogP contribution in [0.4, 0.5) is 0 Å². The maximum atomic E-state index is 6.00. The molecule has 0 saturated heterocycles. The zero-order valence-electron chi connectivity index (χ0n) is 7.16. The molecule has 0 bridgehead atoms. The van der Waals surface area contributed by atoms with Crippen LogP contribution >= 0.6 is 23.1 Å². The SMILES string of the molecule is ClC1C=C(Cc2ccns2)CNC1. The van der Waals surface area contributed by atoms with E-state index in [0.29, 0.717) is 0 Å². The fourth-order valence-corrected chi connectivity index (χ4v) is 2.34. The summed E-state index contributed by atoms with van der Waals surface area (Å²) >= 11 is 7.56. The molecule has 0 aliphatic carbocycles. The Hall–Kier alpha value is -0.380. The molecular weight excluding hydrogens is 204 g/mol. The number of nitrogens with one attached hydrogen (secondary N) is 1. The third kappa shape index (κ3) is 2.53. The Balaban J connectivity index is 2.02. The van der Waals surface area contributed by atoms with Crippen molar-refractivity contribution in [2.45, 2.75) is 11.8 Å². The van der Waals surface area contributed by atoms with Crippen molar-refractivity contribution in [3.63, 3.8) is 0 Å². The van der Waals surface area contributed by atoms with Crippen LogP contribution in [0.25, 0.3) is 0 Å². The standard InChI is InChI=1S/C9H11ClN2S/c10-8-3-7(5-11-6-8)4-9-1-2-12-13-9/h1-3,8,11H,4-6H2. The maximum Gasteiger partial charge on any atom is 0.0643 e. The van der Waals surface area contributed by atoms with E-state index >= 15 is 0 Å². The number of alkyl halides is 1.